The molecule has 7 heteroatoms. The van der Waals surface area contributed by atoms with Gasteiger partial charge in [-0.2, -0.15) is 0 Å². The van der Waals surface area contributed by atoms with Crippen LogP contribution >= 0.6 is 0 Å². The lowest BCUT2D eigenvalue weighted by atomic mass is 10.0. The molecule has 0 saturated carbocycles. The van der Waals surface area contributed by atoms with Crippen LogP contribution in [-0.2, 0) is 18.3 Å². The molecular weight excluding hydrogens is 361 g/mol. The van der Waals surface area contributed by atoms with Crippen LogP contribution in [0.1, 0.15) is 28.6 Å². The number of amides is 1. The van der Waals surface area contributed by atoms with Crippen molar-refractivity contribution in [3.05, 3.63) is 59.1 Å². The minimum Gasteiger partial charge on any atom is -0.453 e. The second-order valence-corrected chi connectivity index (χ2v) is 6.82. The van der Waals surface area contributed by atoms with E-state index in [9.17, 15) is 14.0 Å². The van der Waals surface area contributed by atoms with Crippen molar-refractivity contribution in [1.29, 1.82) is 0 Å². The monoisotopic (exact) mass is 379 g/mol. The normalized spacial score (nSPS) is 11.3. The Morgan fingerprint density at radius 1 is 1.21 bits per heavy atom. The van der Waals surface area contributed by atoms with Crippen molar-refractivity contribution in [2.24, 2.45) is 7.05 Å². The van der Waals surface area contributed by atoms with Gasteiger partial charge in [-0.05, 0) is 36.8 Å². The zero-order chi connectivity index (χ0) is 20.0. The van der Waals surface area contributed by atoms with E-state index in [-0.39, 0.29) is 29.7 Å². The van der Waals surface area contributed by atoms with Crippen LogP contribution in [0.2, 0.25) is 0 Å². The molecule has 0 unspecified atom stereocenters. The lowest BCUT2D eigenvalue weighted by Crippen LogP contribution is -2.18. The molecule has 142 valence electrons. The smallest absolute Gasteiger partial charge is 0.231 e. The van der Waals surface area contributed by atoms with Gasteiger partial charge in [0, 0.05) is 24.9 Å². The third-order valence-corrected chi connectivity index (χ3v) is 4.70. The maximum atomic E-state index is 13.5. The second kappa shape index (κ2) is 6.60. The maximum absolute atomic E-state index is 13.5. The van der Waals surface area contributed by atoms with Gasteiger partial charge < -0.3 is 8.98 Å². The molecule has 28 heavy (non-hydrogen) atoms. The lowest BCUT2D eigenvalue weighted by molar-refractivity contribution is -0.115. The average molecular weight is 379 g/mol. The Hall–Kier alpha value is -3.48. The van der Waals surface area contributed by atoms with Gasteiger partial charge in [0.25, 0.3) is 0 Å². The summed E-state index contributed by atoms with van der Waals surface area (Å²) in [4.78, 5) is 29.0. The van der Waals surface area contributed by atoms with Crippen molar-refractivity contribution < 1.29 is 18.4 Å². The fourth-order valence-electron chi connectivity index (χ4n) is 3.32. The minimum atomic E-state index is -0.375. The van der Waals surface area contributed by atoms with Gasteiger partial charge in [-0.3, -0.25) is 14.9 Å². The van der Waals surface area contributed by atoms with Crippen molar-refractivity contribution in [3.63, 3.8) is 0 Å². The molecule has 0 fully saturated rings. The summed E-state index contributed by atoms with van der Waals surface area (Å²) in [7, 11) is 1.70. The maximum Gasteiger partial charge on any atom is 0.231 e. The number of aromatic nitrogens is 2. The van der Waals surface area contributed by atoms with E-state index < -0.39 is 0 Å². The number of ketones is 1. The Bertz CT molecular complexity index is 1250. The first-order chi connectivity index (χ1) is 13.3. The Labute approximate surface area is 160 Å². The van der Waals surface area contributed by atoms with E-state index in [1.54, 1.807) is 17.7 Å². The number of nitrogens with one attached hydrogen (secondary N) is 1. The molecule has 0 saturated heterocycles. The molecule has 0 aliphatic carbocycles. The van der Waals surface area contributed by atoms with Gasteiger partial charge in [-0.25, -0.2) is 9.37 Å². The van der Waals surface area contributed by atoms with Crippen molar-refractivity contribution >= 4 is 39.6 Å². The molecular formula is C21H18FN3O3. The number of benzene rings is 2. The SMILES string of the molecule is CC(=O)c1oc2cc(C)ccc2c1CC(=O)Nc1nc2ccc(F)cc2n1C. The molecule has 0 bridgehead atoms. The number of carbonyl (C=O) groups is 2. The highest BCUT2D eigenvalue weighted by atomic mass is 19.1. The third kappa shape index (κ3) is 3.05. The van der Waals surface area contributed by atoms with Crippen LogP contribution in [0, 0.1) is 12.7 Å². The highest BCUT2D eigenvalue weighted by Gasteiger charge is 2.21. The lowest BCUT2D eigenvalue weighted by Gasteiger charge is -2.05. The highest BCUT2D eigenvalue weighted by Crippen LogP contribution is 2.28. The molecule has 0 atom stereocenters. The van der Waals surface area contributed by atoms with Gasteiger partial charge in [0.2, 0.25) is 11.9 Å². The largest absolute Gasteiger partial charge is 0.453 e. The topological polar surface area (TPSA) is 77.1 Å². The number of anilines is 1. The van der Waals surface area contributed by atoms with Gasteiger partial charge in [-0.15, -0.1) is 0 Å². The van der Waals surface area contributed by atoms with E-state index in [1.807, 2.05) is 25.1 Å². The fraction of sp³-hybridized carbons (Fsp3) is 0.190. The number of halogens is 1. The average Bonchev–Trinajstić information content (AvgIpc) is 3.13. The summed E-state index contributed by atoms with van der Waals surface area (Å²) in [5, 5.41) is 3.47. The molecule has 0 aliphatic rings. The van der Waals surface area contributed by atoms with Crippen LogP contribution in [0.3, 0.4) is 0 Å². The summed E-state index contributed by atoms with van der Waals surface area (Å²) in [5.41, 5.74) is 3.27. The van der Waals surface area contributed by atoms with Crippen LogP contribution < -0.4 is 5.32 Å². The molecule has 4 rings (SSSR count). The number of furan rings is 1. The van der Waals surface area contributed by atoms with Crippen molar-refractivity contribution in [2.45, 2.75) is 20.3 Å². The van der Waals surface area contributed by atoms with Gasteiger partial charge in [0.15, 0.2) is 11.5 Å². The number of aryl methyl sites for hydroxylation is 2. The first-order valence-electron chi connectivity index (χ1n) is 8.78. The van der Waals surface area contributed by atoms with Crippen molar-refractivity contribution in [2.75, 3.05) is 5.32 Å². The molecule has 6 nitrogen and oxygen atoms in total. The third-order valence-electron chi connectivity index (χ3n) is 4.70. The number of imidazole rings is 1. The van der Waals surface area contributed by atoms with Crippen molar-refractivity contribution in [1.82, 2.24) is 9.55 Å². The van der Waals surface area contributed by atoms with Crippen LogP contribution in [0.4, 0.5) is 10.3 Å². The fourth-order valence-corrected chi connectivity index (χ4v) is 3.32. The molecule has 0 radical (unpaired) electrons. The molecule has 0 aliphatic heterocycles. The number of rotatable bonds is 4. The highest BCUT2D eigenvalue weighted by molar-refractivity contribution is 6.03. The van der Waals surface area contributed by atoms with Crippen LogP contribution in [0.5, 0.6) is 0 Å². The summed E-state index contributed by atoms with van der Waals surface area (Å²) >= 11 is 0. The van der Waals surface area contributed by atoms with E-state index in [1.165, 1.54) is 19.1 Å². The molecule has 0 spiro atoms. The predicted molar refractivity (Wildman–Crippen MR) is 104 cm³/mol. The van der Waals surface area contributed by atoms with E-state index in [4.69, 9.17) is 4.42 Å². The molecule has 2 aromatic heterocycles. The Kier molecular flexibility index (Phi) is 4.22. The van der Waals surface area contributed by atoms with Gasteiger partial charge in [-0.1, -0.05) is 12.1 Å². The molecule has 1 amide bonds. The van der Waals surface area contributed by atoms with E-state index in [0.29, 0.717) is 28.1 Å². The Balaban J connectivity index is 1.67. The van der Waals surface area contributed by atoms with Gasteiger partial charge in [0.1, 0.15) is 11.4 Å². The minimum absolute atomic E-state index is 0.0391. The van der Waals surface area contributed by atoms with E-state index >= 15 is 0 Å². The summed E-state index contributed by atoms with van der Waals surface area (Å²) in [6.07, 6.45) is -0.0391. The molecule has 2 aromatic carbocycles. The Morgan fingerprint density at radius 3 is 2.75 bits per heavy atom. The molecule has 1 N–H and O–H groups in total. The quantitative estimate of drug-likeness (QED) is 0.541. The standard InChI is InChI=1S/C21H18FN3O3/c1-11-4-6-14-15(20(12(2)26)28-18(14)8-11)10-19(27)24-21-23-16-7-5-13(22)9-17(16)25(21)3/h4-9H,10H2,1-3H3,(H,23,24,27). The number of hydrogen-bond donors (Lipinski definition) is 1. The number of Topliss-reactive ketones (excluding diaryl/α,β-unsaturated/α-hetero) is 1. The summed E-state index contributed by atoms with van der Waals surface area (Å²) in [6.45, 7) is 3.34. The first kappa shape index (κ1) is 17.9. The van der Waals surface area contributed by atoms with E-state index in [2.05, 4.69) is 10.3 Å². The number of carbonyl (C=O) groups excluding carboxylic acids is 2. The summed E-state index contributed by atoms with van der Waals surface area (Å²) in [6, 6.07) is 9.82. The molecule has 4 aromatic rings. The van der Waals surface area contributed by atoms with Crippen LogP contribution in [0.25, 0.3) is 22.0 Å². The summed E-state index contributed by atoms with van der Waals surface area (Å²) < 4.78 is 20.8. The Morgan fingerprint density at radius 2 is 2.00 bits per heavy atom. The van der Waals surface area contributed by atoms with E-state index in [0.717, 1.165) is 10.9 Å². The van der Waals surface area contributed by atoms with Gasteiger partial charge >= 0.3 is 0 Å². The number of fused-ring (bicyclic) bond motifs is 2. The number of hydrogen-bond acceptors (Lipinski definition) is 4. The van der Waals surface area contributed by atoms with Gasteiger partial charge in [0.05, 0.1) is 17.5 Å². The van der Waals surface area contributed by atoms with Crippen LogP contribution in [0.15, 0.2) is 40.8 Å². The van der Waals surface area contributed by atoms with Crippen LogP contribution in [-0.4, -0.2) is 21.2 Å². The zero-order valence-electron chi connectivity index (χ0n) is 15.7. The predicted octanol–water partition coefficient (Wildman–Crippen LogP) is 4.15. The number of nitrogens with zero attached hydrogens (tertiary/aromatic N) is 2. The molecule has 2 heterocycles. The second-order valence-electron chi connectivity index (χ2n) is 6.82. The zero-order valence-corrected chi connectivity index (χ0v) is 15.7. The van der Waals surface area contributed by atoms with Crippen molar-refractivity contribution in [3.8, 4) is 0 Å². The summed E-state index contributed by atoms with van der Waals surface area (Å²) in [5.74, 6) is -0.472. The first-order valence-corrected chi connectivity index (χ1v) is 8.78.